The van der Waals surface area contributed by atoms with Crippen LogP contribution in [-0.2, 0) is 11.3 Å². The Morgan fingerprint density at radius 3 is 3.11 bits per heavy atom. The zero-order chi connectivity index (χ0) is 13.5. The lowest BCUT2D eigenvalue weighted by Gasteiger charge is -2.14. The van der Waals surface area contributed by atoms with Crippen molar-refractivity contribution in [1.82, 2.24) is 10.6 Å². The molecule has 5 heteroatoms. The Kier molecular flexibility index (Phi) is 5.42. The van der Waals surface area contributed by atoms with E-state index in [9.17, 15) is 0 Å². The van der Waals surface area contributed by atoms with Crippen molar-refractivity contribution in [2.75, 3.05) is 20.3 Å². The average molecular weight is 280 g/mol. The summed E-state index contributed by atoms with van der Waals surface area (Å²) in [6, 6.07) is 7.93. The van der Waals surface area contributed by atoms with Crippen molar-refractivity contribution in [3.05, 3.63) is 29.8 Å². The third-order valence-corrected chi connectivity index (χ3v) is 3.39. The van der Waals surface area contributed by atoms with Crippen LogP contribution < -0.4 is 15.4 Å². The number of hydrogen-bond donors (Lipinski definition) is 2. The molecule has 4 nitrogen and oxygen atoms in total. The second kappa shape index (κ2) is 7.31. The van der Waals surface area contributed by atoms with Gasteiger partial charge in [-0.15, -0.1) is 0 Å². The molecule has 1 aliphatic rings. The molecule has 1 fully saturated rings. The summed E-state index contributed by atoms with van der Waals surface area (Å²) in [6.07, 6.45) is 2.57. The second-order valence-corrected chi connectivity index (χ2v) is 4.96. The Labute approximate surface area is 119 Å². The molecule has 0 aromatic heterocycles. The quantitative estimate of drug-likeness (QED) is 0.806. The minimum atomic E-state index is 0.302. The molecule has 0 saturated carbocycles. The number of ether oxygens (including phenoxy) is 2. The van der Waals surface area contributed by atoms with Crippen molar-refractivity contribution in [3.63, 3.8) is 0 Å². The molecule has 2 N–H and O–H groups in total. The molecular formula is C14H20N2O2S. The molecule has 1 aromatic rings. The van der Waals surface area contributed by atoms with Crippen molar-refractivity contribution in [2.45, 2.75) is 25.5 Å². The summed E-state index contributed by atoms with van der Waals surface area (Å²) in [4.78, 5) is 0. The van der Waals surface area contributed by atoms with Gasteiger partial charge in [-0.2, -0.15) is 0 Å². The fraction of sp³-hybridized carbons (Fsp3) is 0.500. The zero-order valence-corrected chi connectivity index (χ0v) is 12.0. The zero-order valence-electron chi connectivity index (χ0n) is 11.1. The van der Waals surface area contributed by atoms with Gasteiger partial charge < -0.3 is 20.1 Å². The lowest BCUT2D eigenvalue weighted by atomic mass is 10.2. The highest BCUT2D eigenvalue weighted by atomic mass is 32.1. The Hall–Kier alpha value is -1.33. The molecule has 19 heavy (non-hydrogen) atoms. The van der Waals surface area contributed by atoms with Crippen LogP contribution in [-0.4, -0.2) is 31.5 Å². The minimum absolute atomic E-state index is 0.302. The van der Waals surface area contributed by atoms with Gasteiger partial charge in [0, 0.05) is 19.7 Å². The van der Waals surface area contributed by atoms with E-state index in [0.29, 0.717) is 17.8 Å². The highest BCUT2D eigenvalue weighted by Gasteiger charge is 2.15. The molecule has 0 amide bonds. The predicted octanol–water partition coefficient (Wildman–Crippen LogP) is 1.84. The molecule has 0 spiro atoms. The molecule has 0 radical (unpaired) electrons. The molecule has 0 unspecified atom stereocenters. The number of nitrogens with one attached hydrogen (secondary N) is 2. The molecular weight excluding hydrogens is 260 g/mol. The van der Waals surface area contributed by atoms with Gasteiger partial charge >= 0.3 is 0 Å². The van der Waals surface area contributed by atoms with Gasteiger partial charge in [0.15, 0.2) is 5.11 Å². The molecule has 1 aliphatic heterocycles. The maximum atomic E-state index is 5.53. The molecule has 1 aromatic carbocycles. The summed E-state index contributed by atoms with van der Waals surface area (Å²) in [5.41, 5.74) is 1.14. The van der Waals surface area contributed by atoms with Crippen LogP contribution in [0.1, 0.15) is 18.4 Å². The smallest absolute Gasteiger partial charge is 0.166 e. The monoisotopic (exact) mass is 280 g/mol. The second-order valence-electron chi connectivity index (χ2n) is 4.55. The fourth-order valence-electron chi connectivity index (χ4n) is 2.04. The van der Waals surface area contributed by atoms with E-state index in [1.807, 2.05) is 24.3 Å². The largest absolute Gasteiger partial charge is 0.497 e. The number of hydrogen-bond acceptors (Lipinski definition) is 3. The molecule has 0 bridgehead atoms. The third kappa shape index (κ3) is 4.69. The maximum Gasteiger partial charge on any atom is 0.166 e. The van der Waals surface area contributed by atoms with E-state index in [-0.39, 0.29) is 0 Å². The van der Waals surface area contributed by atoms with Crippen LogP contribution in [0.15, 0.2) is 24.3 Å². The first-order chi connectivity index (χ1) is 9.28. The van der Waals surface area contributed by atoms with Crippen LogP contribution in [0, 0.1) is 0 Å². The normalized spacial score (nSPS) is 18.1. The molecule has 0 aliphatic carbocycles. The predicted molar refractivity (Wildman–Crippen MR) is 79.4 cm³/mol. The first kappa shape index (κ1) is 14.1. The van der Waals surface area contributed by atoms with Gasteiger partial charge in [-0.25, -0.2) is 0 Å². The van der Waals surface area contributed by atoms with E-state index < -0.39 is 0 Å². The van der Waals surface area contributed by atoms with Crippen molar-refractivity contribution in [1.29, 1.82) is 0 Å². The van der Waals surface area contributed by atoms with E-state index in [2.05, 4.69) is 10.6 Å². The molecule has 1 atom stereocenters. The number of rotatable bonds is 5. The standard InChI is InChI=1S/C14H20N2O2S/c1-17-12-5-2-4-11(8-12)9-15-14(19)16-10-13-6-3-7-18-13/h2,4-5,8,13H,3,6-7,9-10H2,1H3,(H2,15,16,19)/t13-/m0/s1. The van der Waals surface area contributed by atoms with E-state index in [4.69, 9.17) is 21.7 Å². The summed E-state index contributed by atoms with van der Waals surface area (Å²) in [7, 11) is 1.67. The average Bonchev–Trinajstić information content (AvgIpc) is 2.96. The molecule has 2 rings (SSSR count). The number of thiocarbonyl (C=S) groups is 1. The summed E-state index contributed by atoms with van der Waals surface area (Å²) < 4.78 is 10.7. The van der Waals surface area contributed by atoms with Gasteiger partial charge in [0.05, 0.1) is 13.2 Å². The lowest BCUT2D eigenvalue weighted by Crippen LogP contribution is -2.39. The minimum Gasteiger partial charge on any atom is -0.497 e. The molecule has 1 saturated heterocycles. The van der Waals surface area contributed by atoms with Crippen LogP contribution in [0.4, 0.5) is 0 Å². The van der Waals surface area contributed by atoms with Gasteiger partial charge in [-0.1, -0.05) is 12.1 Å². The van der Waals surface area contributed by atoms with Crippen molar-refractivity contribution >= 4 is 17.3 Å². The van der Waals surface area contributed by atoms with Gasteiger partial charge in [0.25, 0.3) is 0 Å². The SMILES string of the molecule is COc1cccc(CNC(=S)NC[C@@H]2CCCO2)c1. The van der Waals surface area contributed by atoms with Gasteiger partial charge in [-0.05, 0) is 42.8 Å². The lowest BCUT2D eigenvalue weighted by molar-refractivity contribution is 0.114. The first-order valence-electron chi connectivity index (χ1n) is 6.54. The topological polar surface area (TPSA) is 42.5 Å². The molecule has 1 heterocycles. The van der Waals surface area contributed by atoms with E-state index in [0.717, 1.165) is 37.3 Å². The van der Waals surface area contributed by atoms with Crippen LogP contribution in [0.25, 0.3) is 0 Å². The number of benzene rings is 1. The van der Waals surface area contributed by atoms with Crippen molar-refractivity contribution in [2.24, 2.45) is 0 Å². The van der Waals surface area contributed by atoms with Crippen molar-refractivity contribution in [3.8, 4) is 5.75 Å². The Morgan fingerprint density at radius 1 is 1.47 bits per heavy atom. The van der Waals surface area contributed by atoms with Gasteiger partial charge in [-0.3, -0.25) is 0 Å². The first-order valence-corrected chi connectivity index (χ1v) is 6.95. The van der Waals surface area contributed by atoms with E-state index in [1.165, 1.54) is 0 Å². The third-order valence-electron chi connectivity index (χ3n) is 3.10. The Morgan fingerprint density at radius 2 is 2.37 bits per heavy atom. The summed E-state index contributed by atoms with van der Waals surface area (Å²) in [6.45, 7) is 2.34. The van der Waals surface area contributed by atoms with Crippen LogP contribution in [0.3, 0.4) is 0 Å². The molecule has 104 valence electrons. The number of methoxy groups -OCH3 is 1. The summed E-state index contributed by atoms with van der Waals surface area (Å²) in [5.74, 6) is 0.859. The summed E-state index contributed by atoms with van der Waals surface area (Å²) in [5, 5.41) is 7.04. The fourth-order valence-corrected chi connectivity index (χ4v) is 2.19. The van der Waals surface area contributed by atoms with Crippen LogP contribution >= 0.6 is 12.2 Å². The van der Waals surface area contributed by atoms with Gasteiger partial charge in [0.2, 0.25) is 0 Å². The van der Waals surface area contributed by atoms with E-state index in [1.54, 1.807) is 7.11 Å². The van der Waals surface area contributed by atoms with Crippen LogP contribution in [0.2, 0.25) is 0 Å². The highest BCUT2D eigenvalue weighted by Crippen LogP contribution is 2.12. The maximum absolute atomic E-state index is 5.53. The highest BCUT2D eigenvalue weighted by molar-refractivity contribution is 7.80. The summed E-state index contributed by atoms with van der Waals surface area (Å²) >= 11 is 5.24. The Bertz CT molecular complexity index is 420. The van der Waals surface area contributed by atoms with Crippen molar-refractivity contribution < 1.29 is 9.47 Å². The Balaban J connectivity index is 1.70. The van der Waals surface area contributed by atoms with Crippen LogP contribution in [0.5, 0.6) is 5.75 Å². The van der Waals surface area contributed by atoms with Gasteiger partial charge in [0.1, 0.15) is 5.75 Å². The van der Waals surface area contributed by atoms with E-state index >= 15 is 0 Å².